The monoisotopic (exact) mass is 294 g/mol. The quantitative estimate of drug-likeness (QED) is 0.694. The minimum absolute atomic E-state index is 0.199. The zero-order chi connectivity index (χ0) is 14.9. The van der Waals surface area contributed by atoms with E-state index in [0.717, 1.165) is 41.7 Å². The van der Waals surface area contributed by atoms with Gasteiger partial charge in [-0.2, -0.15) is 0 Å². The number of fused-ring (bicyclic) bond motifs is 1. The lowest BCUT2D eigenvalue weighted by Crippen LogP contribution is -2.18. The minimum atomic E-state index is -0.199. The number of aromatic nitrogens is 3. The average molecular weight is 294 g/mol. The van der Waals surface area contributed by atoms with Crippen molar-refractivity contribution in [2.45, 2.75) is 31.4 Å². The molecule has 2 aromatic heterocycles. The molecule has 0 saturated heterocycles. The van der Waals surface area contributed by atoms with E-state index in [1.165, 1.54) is 0 Å². The third kappa shape index (κ3) is 2.44. The van der Waals surface area contributed by atoms with Gasteiger partial charge in [0.1, 0.15) is 11.5 Å². The Kier molecular flexibility index (Phi) is 3.27. The Bertz CT molecular complexity index is 784. The molecule has 2 heterocycles. The van der Waals surface area contributed by atoms with Gasteiger partial charge in [-0.05, 0) is 25.3 Å². The zero-order valence-electron chi connectivity index (χ0n) is 12.2. The molecule has 0 radical (unpaired) electrons. The number of H-pyrrole nitrogens is 1. The van der Waals surface area contributed by atoms with Crippen LogP contribution in [0.15, 0.2) is 42.6 Å². The van der Waals surface area contributed by atoms with E-state index in [-0.39, 0.29) is 12.1 Å². The molecule has 5 nitrogen and oxygen atoms in total. The third-order valence-corrected chi connectivity index (χ3v) is 4.19. The van der Waals surface area contributed by atoms with Crippen LogP contribution < -0.4 is 5.32 Å². The topological polar surface area (TPSA) is 73.8 Å². The second-order valence-electron chi connectivity index (χ2n) is 5.81. The van der Waals surface area contributed by atoms with E-state index in [9.17, 15) is 5.11 Å². The van der Waals surface area contributed by atoms with Crippen LogP contribution in [-0.4, -0.2) is 32.2 Å². The molecule has 4 rings (SSSR count). The summed E-state index contributed by atoms with van der Waals surface area (Å²) >= 11 is 0. The van der Waals surface area contributed by atoms with Crippen LogP contribution in [0.1, 0.15) is 19.3 Å². The standard InChI is InChI=1S/C17H18N4O/c22-13-7-6-12(10-13)19-17-14-8-9-18-16(14)20-15(21-17)11-4-2-1-3-5-11/h1-5,8-9,12-13,22H,6-7,10H2,(H2,18,19,20,21)/t12-,13+/m0/s1. The van der Waals surface area contributed by atoms with Crippen molar-refractivity contribution in [3.63, 3.8) is 0 Å². The van der Waals surface area contributed by atoms with E-state index >= 15 is 0 Å². The van der Waals surface area contributed by atoms with Gasteiger partial charge in [0.05, 0.1) is 11.5 Å². The molecule has 3 N–H and O–H groups in total. The number of anilines is 1. The summed E-state index contributed by atoms with van der Waals surface area (Å²) in [5.74, 6) is 1.54. The van der Waals surface area contributed by atoms with Crippen molar-refractivity contribution in [2.24, 2.45) is 0 Å². The summed E-state index contributed by atoms with van der Waals surface area (Å²) in [4.78, 5) is 12.5. The molecule has 1 aliphatic carbocycles. The molecule has 1 saturated carbocycles. The molecule has 5 heteroatoms. The number of aromatic amines is 1. The number of rotatable bonds is 3. The fourth-order valence-corrected chi connectivity index (χ4v) is 3.05. The van der Waals surface area contributed by atoms with Crippen LogP contribution in [0.3, 0.4) is 0 Å². The SMILES string of the molecule is O[C@@H]1CC[C@H](Nc2nc(-c3ccccc3)nc3[nH]ccc23)C1. The van der Waals surface area contributed by atoms with Gasteiger partial charge in [-0.3, -0.25) is 0 Å². The number of aliphatic hydroxyl groups excluding tert-OH is 1. The van der Waals surface area contributed by atoms with Gasteiger partial charge in [0.2, 0.25) is 0 Å². The molecule has 2 atom stereocenters. The maximum atomic E-state index is 9.70. The number of nitrogens with zero attached hydrogens (tertiary/aromatic N) is 2. The Morgan fingerprint density at radius 3 is 2.73 bits per heavy atom. The molecular formula is C17H18N4O. The molecule has 112 valence electrons. The second kappa shape index (κ2) is 5.42. The molecule has 22 heavy (non-hydrogen) atoms. The molecule has 0 bridgehead atoms. The Morgan fingerprint density at radius 2 is 1.95 bits per heavy atom. The van der Waals surface area contributed by atoms with Gasteiger partial charge >= 0.3 is 0 Å². The summed E-state index contributed by atoms with van der Waals surface area (Å²) in [6.07, 6.45) is 4.27. The van der Waals surface area contributed by atoms with Gasteiger partial charge in [-0.15, -0.1) is 0 Å². The maximum Gasteiger partial charge on any atom is 0.163 e. The third-order valence-electron chi connectivity index (χ3n) is 4.19. The Balaban J connectivity index is 1.74. The first-order valence-corrected chi connectivity index (χ1v) is 7.65. The van der Waals surface area contributed by atoms with Crippen LogP contribution in [-0.2, 0) is 0 Å². The van der Waals surface area contributed by atoms with Gasteiger partial charge in [0.15, 0.2) is 5.82 Å². The maximum absolute atomic E-state index is 9.70. The highest BCUT2D eigenvalue weighted by Crippen LogP contribution is 2.28. The van der Waals surface area contributed by atoms with Crippen molar-refractivity contribution >= 4 is 16.9 Å². The smallest absolute Gasteiger partial charge is 0.163 e. The highest BCUT2D eigenvalue weighted by molar-refractivity contribution is 5.88. The number of hydrogen-bond donors (Lipinski definition) is 3. The second-order valence-corrected chi connectivity index (χ2v) is 5.81. The normalized spacial score (nSPS) is 21.3. The predicted molar refractivity (Wildman–Crippen MR) is 86.6 cm³/mol. The van der Waals surface area contributed by atoms with Crippen LogP contribution in [0.4, 0.5) is 5.82 Å². The van der Waals surface area contributed by atoms with Crippen molar-refractivity contribution in [3.05, 3.63) is 42.6 Å². The summed E-state index contributed by atoms with van der Waals surface area (Å²) in [7, 11) is 0. The van der Waals surface area contributed by atoms with Gasteiger partial charge in [-0.1, -0.05) is 30.3 Å². The predicted octanol–water partition coefficient (Wildman–Crippen LogP) is 2.95. The van der Waals surface area contributed by atoms with Crippen molar-refractivity contribution < 1.29 is 5.11 Å². The summed E-state index contributed by atoms with van der Waals surface area (Å²) < 4.78 is 0. The first-order chi connectivity index (χ1) is 10.8. The number of hydrogen-bond acceptors (Lipinski definition) is 4. The van der Waals surface area contributed by atoms with Crippen molar-refractivity contribution in [1.29, 1.82) is 0 Å². The molecule has 1 fully saturated rings. The Hall–Kier alpha value is -2.40. The fourth-order valence-electron chi connectivity index (χ4n) is 3.05. The Morgan fingerprint density at radius 1 is 1.09 bits per heavy atom. The van der Waals surface area contributed by atoms with Crippen molar-refractivity contribution in [1.82, 2.24) is 15.0 Å². The van der Waals surface area contributed by atoms with Gasteiger partial charge in [0.25, 0.3) is 0 Å². The molecule has 0 aliphatic heterocycles. The molecule has 1 aliphatic rings. The van der Waals surface area contributed by atoms with Crippen LogP contribution in [0.5, 0.6) is 0 Å². The van der Waals surface area contributed by atoms with E-state index < -0.39 is 0 Å². The highest BCUT2D eigenvalue weighted by Gasteiger charge is 2.24. The first-order valence-electron chi connectivity index (χ1n) is 7.65. The van der Waals surface area contributed by atoms with E-state index in [4.69, 9.17) is 4.98 Å². The molecule has 0 amide bonds. The lowest BCUT2D eigenvalue weighted by Gasteiger charge is -2.14. The van der Waals surface area contributed by atoms with E-state index in [1.807, 2.05) is 42.6 Å². The highest BCUT2D eigenvalue weighted by atomic mass is 16.3. The molecular weight excluding hydrogens is 276 g/mol. The lowest BCUT2D eigenvalue weighted by molar-refractivity contribution is 0.182. The summed E-state index contributed by atoms with van der Waals surface area (Å²) in [6.45, 7) is 0. The van der Waals surface area contributed by atoms with Crippen LogP contribution in [0, 0.1) is 0 Å². The molecule has 0 unspecified atom stereocenters. The fraction of sp³-hybridized carbons (Fsp3) is 0.294. The van der Waals surface area contributed by atoms with Gasteiger partial charge in [0, 0.05) is 17.8 Å². The van der Waals surface area contributed by atoms with Crippen LogP contribution in [0.25, 0.3) is 22.4 Å². The molecule has 0 spiro atoms. The van der Waals surface area contributed by atoms with Gasteiger partial charge < -0.3 is 15.4 Å². The summed E-state index contributed by atoms with van der Waals surface area (Å²) in [5.41, 5.74) is 1.82. The summed E-state index contributed by atoms with van der Waals surface area (Å²) in [6, 6.07) is 12.2. The lowest BCUT2D eigenvalue weighted by atomic mass is 10.2. The minimum Gasteiger partial charge on any atom is -0.393 e. The van der Waals surface area contributed by atoms with Crippen LogP contribution >= 0.6 is 0 Å². The number of aliphatic hydroxyl groups is 1. The number of nitrogens with one attached hydrogen (secondary N) is 2. The largest absolute Gasteiger partial charge is 0.393 e. The van der Waals surface area contributed by atoms with Crippen LogP contribution in [0.2, 0.25) is 0 Å². The van der Waals surface area contributed by atoms with Gasteiger partial charge in [-0.25, -0.2) is 9.97 Å². The number of benzene rings is 1. The molecule has 3 aromatic rings. The average Bonchev–Trinajstić information content (AvgIpc) is 3.17. The first kappa shape index (κ1) is 13.3. The molecule has 1 aromatic carbocycles. The van der Waals surface area contributed by atoms with Crippen molar-refractivity contribution in [3.8, 4) is 11.4 Å². The van der Waals surface area contributed by atoms with E-state index in [1.54, 1.807) is 0 Å². The van der Waals surface area contributed by atoms with E-state index in [2.05, 4.69) is 15.3 Å². The van der Waals surface area contributed by atoms with E-state index in [0.29, 0.717) is 5.82 Å². The van der Waals surface area contributed by atoms with Crippen molar-refractivity contribution in [2.75, 3.05) is 5.32 Å². The summed E-state index contributed by atoms with van der Waals surface area (Å²) in [5, 5.41) is 14.2. The zero-order valence-corrected chi connectivity index (χ0v) is 12.2. The Labute approximate surface area is 128 Å².